The Morgan fingerprint density at radius 3 is 1.78 bits per heavy atom. The van der Waals surface area contributed by atoms with E-state index in [-0.39, 0.29) is 0 Å². The molecule has 3 heteroatoms. The van der Waals surface area contributed by atoms with Gasteiger partial charge in [0.05, 0.1) is 27.5 Å². The highest BCUT2D eigenvalue weighted by Gasteiger charge is 2.46. The summed E-state index contributed by atoms with van der Waals surface area (Å²) in [5.74, 6) is 0. The molecule has 1 aliphatic carbocycles. The van der Waals surface area contributed by atoms with E-state index in [4.69, 9.17) is 4.42 Å². The van der Waals surface area contributed by atoms with Crippen molar-refractivity contribution in [3.63, 3.8) is 0 Å². The second-order valence-electron chi connectivity index (χ2n) is 16.8. The lowest BCUT2D eigenvalue weighted by Gasteiger charge is -2.35. The van der Waals surface area contributed by atoms with Crippen LogP contribution < -0.4 is 4.90 Å². The molecule has 13 rings (SSSR count). The summed E-state index contributed by atoms with van der Waals surface area (Å²) in [6.45, 7) is 0. The first-order valence-electron chi connectivity index (χ1n) is 22.0. The Hall–Kier alpha value is -8.40. The van der Waals surface area contributed by atoms with E-state index in [1.807, 2.05) is 0 Å². The second kappa shape index (κ2) is 14.3. The van der Waals surface area contributed by atoms with Gasteiger partial charge in [-0.2, -0.15) is 0 Å². The van der Waals surface area contributed by atoms with Crippen LogP contribution in [0.15, 0.2) is 247 Å². The molecule has 0 amide bonds. The van der Waals surface area contributed by atoms with E-state index >= 15 is 0 Å². The molecule has 0 aliphatic heterocycles. The average molecular weight is 817 g/mol. The predicted octanol–water partition coefficient (Wildman–Crippen LogP) is 16.2. The van der Waals surface area contributed by atoms with E-state index in [1.165, 1.54) is 55.2 Å². The largest absolute Gasteiger partial charge is 0.456 e. The first-order chi connectivity index (χ1) is 31.8. The third-order valence-electron chi connectivity index (χ3n) is 13.4. The number of rotatable bonds is 7. The van der Waals surface area contributed by atoms with Crippen LogP contribution in [0.1, 0.15) is 22.3 Å². The summed E-state index contributed by atoms with van der Waals surface area (Å²) in [6.07, 6.45) is 0. The lowest BCUT2D eigenvalue weighted by Crippen LogP contribution is -2.28. The Balaban J connectivity index is 1.11. The lowest BCUT2D eigenvalue weighted by molar-refractivity contribution is 0.669. The van der Waals surface area contributed by atoms with Crippen LogP contribution in [0.2, 0.25) is 0 Å². The van der Waals surface area contributed by atoms with E-state index in [0.717, 1.165) is 55.8 Å². The molecule has 2 aromatic heterocycles. The van der Waals surface area contributed by atoms with Crippen molar-refractivity contribution in [1.82, 2.24) is 4.57 Å². The second-order valence-corrected chi connectivity index (χ2v) is 16.8. The SMILES string of the molecule is c1ccc(-c2ccc3oc4cccc(N(c5cccc(C6(c7ccccc7)c7ccccc7-c7ccccc76)c5)c5ccc6c7ccccc7n(-c7ccccc7)c6c5)c4c3c2)cc1. The van der Waals surface area contributed by atoms with Crippen LogP contribution in [0.5, 0.6) is 0 Å². The Labute approximate surface area is 371 Å². The van der Waals surface area contributed by atoms with Gasteiger partial charge in [-0.25, -0.2) is 0 Å². The minimum Gasteiger partial charge on any atom is -0.456 e. The highest BCUT2D eigenvalue weighted by atomic mass is 16.3. The highest BCUT2D eigenvalue weighted by molar-refractivity contribution is 6.15. The summed E-state index contributed by atoms with van der Waals surface area (Å²) >= 11 is 0. The van der Waals surface area contributed by atoms with Crippen LogP contribution in [0.25, 0.3) is 71.7 Å². The van der Waals surface area contributed by atoms with Crippen molar-refractivity contribution in [2.75, 3.05) is 4.90 Å². The maximum atomic E-state index is 6.72. The summed E-state index contributed by atoms with van der Waals surface area (Å²) in [7, 11) is 0. The van der Waals surface area contributed by atoms with Crippen LogP contribution in [-0.2, 0) is 5.41 Å². The van der Waals surface area contributed by atoms with E-state index in [1.54, 1.807) is 0 Å². The van der Waals surface area contributed by atoms with Gasteiger partial charge in [-0.15, -0.1) is 0 Å². The monoisotopic (exact) mass is 816 g/mol. The van der Waals surface area contributed by atoms with Gasteiger partial charge in [0, 0.05) is 33.2 Å². The third kappa shape index (κ3) is 5.34. The standard InChI is InChI=1S/C61H40N2O/c1-4-18-41(19-5-1)42-34-37-58-52(38-42)60-56(32-17-33-59(60)64-58)62(47-35-36-51-50-28-12-15-31-55(50)63(57(51)40-47)45-23-8-3-9-24-45)46-25-16-22-44(39-46)61(43-20-6-2-7-21-43)53-29-13-10-26-48(53)49-27-11-14-30-54(49)61/h1-40H. The van der Waals surface area contributed by atoms with Gasteiger partial charge < -0.3 is 13.9 Å². The zero-order valence-corrected chi connectivity index (χ0v) is 34.9. The highest BCUT2D eigenvalue weighted by Crippen LogP contribution is 2.57. The summed E-state index contributed by atoms with van der Waals surface area (Å²) in [6, 6.07) is 88.3. The van der Waals surface area contributed by atoms with Crippen LogP contribution in [-0.4, -0.2) is 4.57 Å². The first-order valence-corrected chi connectivity index (χ1v) is 22.0. The molecule has 12 aromatic rings. The van der Waals surface area contributed by atoms with E-state index in [2.05, 4.69) is 252 Å². The molecule has 1 aliphatic rings. The number of hydrogen-bond donors (Lipinski definition) is 0. The van der Waals surface area contributed by atoms with E-state index in [0.29, 0.717) is 0 Å². The molecule has 2 heterocycles. The maximum Gasteiger partial charge on any atom is 0.137 e. The van der Waals surface area contributed by atoms with Crippen LogP contribution in [0, 0.1) is 0 Å². The summed E-state index contributed by atoms with van der Waals surface area (Å²) in [5.41, 5.74) is 17.6. The molecular weight excluding hydrogens is 777 g/mol. The number of nitrogens with zero attached hydrogens (tertiary/aromatic N) is 2. The van der Waals surface area contributed by atoms with Crippen molar-refractivity contribution >= 4 is 60.8 Å². The summed E-state index contributed by atoms with van der Waals surface area (Å²) in [4.78, 5) is 2.45. The van der Waals surface area contributed by atoms with Gasteiger partial charge >= 0.3 is 0 Å². The van der Waals surface area contributed by atoms with E-state index in [9.17, 15) is 0 Å². The zero-order valence-electron chi connectivity index (χ0n) is 34.9. The smallest absolute Gasteiger partial charge is 0.137 e. The van der Waals surface area contributed by atoms with Crippen molar-refractivity contribution in [1.29, 1.82) is 0 Å². The lowest BCUT2D eigenvalue weighted by atomic mass is 9.67. The Bertz CT molecular complexity index is 3690. The first kappa shape index (κ1) is 36.3. The molecule has 3 nitrogen and oxygen atoms in total. The fraction of sp³-hybridized carbons (Fsp3) is 0.0164. The molecule has 300 valence electrons. The number of anilines is 3. The van der Waals surface area contributed by atoms with Gasteiger partial charge in [0.1, 0.15) is 11.2 Å². The van der Waals surface area contributed by atoms with E-state index < -0.39 is 5.41 Å². The van der Waals surface area contributed by atoms with Crippen molar-refractivity contribution in [2.24, 2.45) is 0 Å². The van der Waals surface area contributed by atoms with Gasteiger partial charge in [-0.05, 0) is 111 Å². The van der Waals surface area contributed by atoms with Gasteiger partial charge in [-0.3, -0.25) is 0 Å². The minimum atomic E-state index is -0.557. The molecular formula is C61H40N2O. The Morgan fingerprint density at radius 1 is 0.375 bits per heavy atom. The molecule has 0 radical (unpaired) electrons. The van der Waals surface area contributed by atoms with Gasteiger partial charge in [0.2, 0.25) is 0 Å². The van der Waals surface area contributed by atoms with Gasteiger partial charge in [0.15, 0.2) is 0 Å². The number of para-hydroxylation sites is 2. The van der Waals surface area contributed by atoms with Crippen molar-refractivity contribution < 1.29 is 4.42 Å². The number of fused-ring (bicyclic) bond motifs is 9. The summed E-state index contributed by atoms with van der Waals surface area (Å²) in [5, 5.41) is 4.57. The average Bonchev–Trinajstić information content (AvgIpc) is 4.01. The quantitative estimate of drug-likeness (QED) is 0.160. The number of furan rings is 1. The molecule has 64 heavy (non-hydrogen) atoms. The van der Waals surface area contributed by atoms with Crippen molar-refractivity contribution in [2.45, 2.75) is 5.41 Å². The number of hydrogen-bond acceptors (Lipinski definition) is 2. The minimum absolute atomic E-state index is 0.557. The van der Waals surface area contributed by atoms with Crippen LogP contribution in [0.3, 0.4) is 0 Å². The molecule has 0 N–H and O–H groups in total. The zero-order chi connectivity index (χ0) is 42.2. The fourth-order valence-electron chi connectivity index (χ4n) is 10.8. The molecule has 0 atom stereocenters. The Morgan fingerprint density at radius 2 is 1.00 bits per heavy atom. The van der Waals surface area contributed by atoms with Gasteiger partial charge in [0.25, 0.3) is 0 Å². The van der Waals surface area contributed by atoms with Crippen LogP contribution in [0.4, 0.5) is 17.1 Å². The molecule has 0 saturated heterocycles. The van der Waals surface area contributed by atoms with Crippen LogP contribution >= 0.6 is 0 Å². The molecule has 0 bridgehead atoms. The van der Waals surface area contributed by atoms with Crippen molar-refractivity contribution in [3.8, 4) is 27.9 Å². The number of benzene rings is 10. The topological polar surface area (TPSA) is 21.3 Å². The molecule has 0 saturated carbocycles. The molecule has 10 aromatic carbocycles. The van der Waals surface area contributed by atoms with Gasteiger partial charge in [-0.1, -0.05) is 176 Å². The normalized spacial score (nSPS) is 12.8. The van der Waals surface area contributed by atoms with Crippen molar-refractivity contribution in [3.05, 3.63) is 265 Å². The fourth-order valence-corrected chi connectivity index (χ4v) is 10.8. The molecule has 0 unspecified atom stereocenters. The number of aromatic nitrogens is 1. The predicted molar refractivity (Wildman–Crippen MR) is 265 cm³/mol. The third-order valence-corrected chi connectivity index (χ3v) is 13.4. The molecule has 0 spiro atoms. The maximum absolute atomic E-state index is 6.72. The Kier molecular flexibility index (Phi) is 8.13. The summed E-state index contributed by atoms with van der Waals surface area (Å²) < 4.78 is 9.12. The molecule has 0 fully saturated rings.